The van der Waals surface area contributed by atoms with Gasteiger partial charge in [0.1, 0.15) is 23.5 Å². The molecule has 36 heavy (non-hydrogen) atoms. The molecular weight excluding hydrogens is 475 g/mol. The van der Waals surface area contributed by atoms with E-state index in [0.29, 0.717) is 12.0 Å². The van der Waals surface area contributed by atoms with Crippen LogP contribution in [0, 0.1) is 17.5 Å². The Balaban J connectivity index is 1.57. The van der Waals surface area contributed by atoms with E-state index in [1.807, 2.05) is 0 Å². The lowest BCUT2D eigenvalue weighted by atomic mass is 10.1. The fraction of sp³-hybridized carbons (Fsp3) is 0.462. The van der Waals surface area contributed by atoms with Crippen LogP contribution in [0.25, 0.3) is 0 Å². The van der Waals surface area contributed by atoms with E-state index in [-0.39, 0.29) is 25.7 Å². The number of carbonyl (C=O) groups excluding carboxylic acids is 2. The number of esters is 1. The summed E-state index contributed by atoms with van der Waals surface area (Å²) in [5, 5.41) is 5.51. The van der Waals surface area contributed by atoms with Crippen molar-refractivity contribution < 1.29 is 32.2 Å². The molecule has 1 amide bonds. The van der Waals surface area contributed by atoms with Gasteiger partial charge in [-0.2, -0.15) is 0 Å². The van der Waals surface area contributed by atoms with Crippen molar-refractivity contribution in [2.24, 2.45) is 0 Å². The SMILES string of the molecule is CC(C)(C)OC(=O)NC1CCN(c2c(F)c(F)c(C(=O)OCc3ccccc3)c(NC3CC3)c2F)C1. The van der Waals surface area contributed by atoms with E-state index in [1.54, 1.807) is 51.1 Å². The molecule has 1 unspecified atom stereocenters. The van der Waals surface area contributed by atoms with Crippen LogP contribution >= 0.6 is 0 Å². The van der Waals surface area contributed by atoms with E-state index in [4.69, 9.17) is 9.47 Å². The molecule has 1 heterocycles. The number of benzene rings is 2. The fourth-order valence-corrected chi connectivity index (χ4v) is 4.04. The summed E-state index contributed by atoms with van der Waals surface area (Å²) in [5.74, 6) is -5.17. The third-order valence-electron chi connectivity index (χ3n) is 5.87. The number of rotatable bonds is 7. The molecule has 2 aromatic carbocycles. The maximum Gasteiger partial charge on any atom is 0.407 e. The van der Waals surface area contributed by atoms with Gasteiger partial charge in [0.15, 0.2) is 17.5 Å². The van der Waals surface area contributed by atoms with Crippen LogP contribution in [-0.4, -0.2) is 42.8 Å². The third-order valence-corrected chi connectivity index (χ3v) is 5.87. The number of halogens is 3. The average Bonchev–Trinajstić information content (AvgIpc) is 3.52. The second-order valence-electron chi connectivity index (χ2n) is 10.1. The van der Waals surface area contributed by atoms with E-state index in [0.717, 1.165) is 12.8 Å². The Labute approximate surface area is 207 Å². The molecule has 7 nitrogen and oxygen atoms in total. The topological polar surface area (TPSA) is 79.9 Å². The van der Waals surface area contributed by atoms with Crippen molar-refractivity contribution >= 4 is 23.4 Å². The van der Waals surface area contributed by atoms with Gasteiger partial charge in [-0.3, -0.25) is 0 Å². The number of ether oxygens (including phenoxy) is 2. The van der Waals surface area contributed by atoms with Gasteiger partial charge in [0, 0.05) is 19.1 Å². The Morgan fingerprint density at radius 3 is 2.33 bits per heavy atom. The van der Waals surface area contributed by atoms with E-state index in [1.165, 1.54) is 4.90 Å². The standard InChI is InChI=1S/C26H30F3N3O4/c1-26(2,3)36-25(34)31-17-11-12-32(13-17)23-20(28)19(27)18(22(21(23)29)30-16-9-10-16)24(33)35-14-15-7-5-4-6-8-15/h4-8,16-17,30H,9-14H2,1-3H3,(H,31,34). The van der Waals surface area contributed by atoms with Crippen molar-refractivity contribution in [3.8, 4) is 0 Å². The van der Waals surface area contributed by atoms with Crippen LogP contribution in [0.1, 0.15) is 56.0 Å². The van der Waals surface area contributed by atoms with Crippen molar-refractivity contribution in [2.45, 2.75) is 64.3 Å². The molecule has 0 radical (unpaired) electrons. The number of anilines is 2. The minimum absolute atomic E-state index is 0.0488. The first-order valence-electron chi connectivity index (χ1n) is 12.0. The Morgan fingerprint density at radius 2 is 1.69 bits per heavy atom. The van der Waals surface area contributed by atoms with Gasteiger partial charge in [-0.15, -0.1) is 0 Å². The van der Waals surface area contributed by atoms with Crippen LogP contribution in [0.5, 0.6) is 0 Å². The van der Waals surface area contributed by atoms with Gasteiger partial charge in [0.2, 0.25) is 0 Å². The average molecular weight is 506 g/mol. The second kappa shape index (κ2) is 10.3. The maximum absolute atomic E-state index is 15.7. The number of alkyl carbamates (subject to hydrolysis) is 1. The van der Waals surface area contributed by atoms with Crippen molar-refractivity contribution in [2.75, 3.05) is 23.3 Å². The fourth-order valence-electron chi connectivity index (χ4n) is 4.04. The van der Waals surface area contributed by atoms with E-state index in [2.05, 4.69) is 10.6 Å². The van der Waals surface area contributed by atoms with Crippen LogP contribution in [0.3, 0.4) is 0 Å². The summed E-state index contributed by atoms with van der Waals surface area (Å²) < 4.78 is 56.7. The highest BCUT2D eigenvalue weighted by atomic mass is 19.2. The molecule has 194 valence electrons. The molecule has 2 N–H and O–H groups in total. The Kier molecular flexibility index (Phi) is 7.33. The molecule has 1 aliphatic heterocycles. The highest BCUT2D eigenvalue weighted by Crippen LogP contribution is 2.39. The van der Waals surface area contributed by atoms with Crippen LogP contribution in [0.2, 0.25) is 0 Å². The zero-order chi connectivity index (χ0) is 26.0. The molecule has 1 saturated heterocycles. The molecule has 1 aliphatic carbocycles. The van der Waals surface area contributed by atoms with Crippen molar-refractivity contribution in [1.82, 2.24) is 5.32 Å². The number of amides is 1. The summed E-state index contributed by atoms with van der Waals surface area (Å²) >= 11 is 0. The quantitative estimate of drug-likeness (QED) is 0.401. The minimum Gasteiger partial charge on any atom is -0.457 e. The second-order valence-corrected chi connectivity index (χ2v) is 10.1. The van der Waals surface area contributed by atoms with Crippen LogP contribution < -0.4 is 15.5 Å². The third kappa shape index (κ3) is 6.03. The van der Waals surface area contributed by atoms with Gasteiger partial charge in [-0.25, -0.2) is 22.8 Å². The lowest BCUT2D eigenvalue weighted by Crippen LogP contribution is -2.40. The lowest BCUT2D eigenvalue weighted by Gasteiger charge is -2.24. The molecule has 0 bridgehead atoms. The molecule has 0 aromatic heterocycles. The number of hydrogen-bond acceptors (Lipinski definition) is 6. The molecule has 4 rings (SSSR count). The van der Waals surface area contributed by atoms with E-state index < -0.39 is 58.1 Å². The normalized spacial score (nSPS) is 17.6. The number of nitrogens with zero attached hydrogens (tertiary/aromatic N) is 1. The maximum atomic E-state index is 15.7. The van der Waals surface area contributed by atoms with Crippen LogP contribution in [0.15, 0.2) is 30.3 Å². The highest BCUT2D eigenvalue weighted by Gasteiger charge is 2.37. The largest absolute Gasteiger partial charge is 0.457 e. The first-order chi connectivity index (χ1) is 17.0. The van der Waals surface area contributed by atoms with Crippen molar-refractivity contribution in [3.05, 3.63) is 58.9 Å². The molecule has 10 heteroatoms. The Morgan fingerprint density at radius 1 is 1.00 bits per heavy atom. The Hall–Kier alpha value is -3.43. The minimum atomic E-state index is -1.48. The van der Waals surface area contributed by atoms with Crippen LogP contribution in [0.4, 0.5) is 29.3 Å². The number of nitrogens with one attached hydrogen (secondary N) is 2. The predicted octanol–water partition coefficient (Wildman–Crippen LogP) is 5.14. The van der Waals surface area contributed by atoms with Gasteiger partial charge in [0.05, 0.1) is 11.7 Å². The monoisotopic (exact) mass is 505 g/mol. The summed E-state index contributed by atoms with van der Waals surface area (Å²) in [7, 11) is 0. The van der Waals surface area contributed by atoms with Gasteiger partial charge < -0.3 is 25.0 Å². The molecular formula is C26H30F3N3O4. The smallest absolute Gasteiger partial charge is 0.407 e. The summed E-state index contributed by atoms with van der Waals surface area (Å²) in [4.78, 5) is 26.2. The molecule has 0 spiro atoms. The first-order valence-corrected chi connectivity index (χ1v) is 12.0. The molecule has 2 aliphatic rings. The summed E-state index contributed by atoms with van der Waals surface area (Å²) in [6, 6.07) is 8.13. The number of hydrogen-bond donors (Lipinski definition) is 2. The lowest BCUT2D eigenvalue weighted by molar-refractivity contribution is 0.0464. The van der Waals surface area contributed by atoms with E-state index >= 15 is 13.2 Å². The highest BCUT2D eigenvalue weighted by molar-refractivity contribution is 5.97. The summed E-state index contributed by atoms with van der Waals surface area (Å²) in [6.45, 7) is 5.23. The molecule has 1 saturated carbocycles. The summed E-state index contributed by atoms with van der Waals surface area (Å²) in [6.07, 6.45) is 1.18. The predicted molar refractivity (Wildman–Crippen MR) is 129 cm³/mol. The Bertz CT molecular complexity index is 1130. The van der Waals surface area contributed by atoms with Gasteiger partial charge in [-0.05, 0) is 45.6 Å². The van der Waals surface area contributed by atoms with Crippen molar-refractivity contribution in [3.63, 3.8) is 0 Å². The zero-order valence-corrected chi connectivity index (χ0v) is 20.5. The van der Waals surface area contributed by atoms with Crippen molar-refractivity contribution in [1.29, 1.82) is 0 Å². The number of carbonyl (C=O) groups is 2. The van der Waals surface area contributed by atoms with Gasteiger partial charge in [-0.1, -0.05) is 30.3 Å². The van der Waals surface area contributed by atoms with Gasteiger partial charge in [0.25, 0.3) is 0 Å². The van der Waals surface area contributed by atoms with Crippen LogP contribution in [-0.2, 0) is 16.1 Å². The van der Waals surface area contributed by atoms with Gasteiger partial charge >= 0.3 is 12.1 Å². The van der Waals surface area contributed by atoms with E-state index in [9.17, 15) is 9.59 Å². The summed E-state index contributed by atoms with van der Waals surface area (Å²) in [5.41, 5.74) is -1.82. The molecule has 2 aromatic rings. The first kappa shape index (κ1) is 25.7. The zero-order valence-electron chi connectivity index (χ0n) is 20.5. The molecule has 1 atom stereocenters. The molecule has 2 fully saturated rings.